The maximum atomic E-state index is 3.58. The Bertz CT molecular complexity index is 345. The van der Waals surface area contributed by atoms with E-state index in [0.29, 0.717) is 12.1 Å². The average molecular weight is 233 g/mol. The standard InChI is InChI=1S/C14H23N3/c1-11-14(16-9-8-15-11)10-12-4-6-13(7-5-12)17(2)3/h4-7,11,14-16H,8-10H2,1-3H3. The van der Waals surface area contributed by atoms with Crippen molar-refractivity contribution < 1.29 is 0 Å². The molecule has 2 unspecified atom stereocenters. The summed E-state index contributed by atoms with van der Waals surface area (Å²) >= 11 is 0. The van der Waals surface area contributed by atoms with Crippen LogP contribution >= 0.6 is 0 Å². The van der Waals surface area contributed by atoms with Gasteiger partial charge in [0.2, 0.25) is 0 Å². The second kappa shape index (κ2) is 5.52. The van der Waals surface area contributed by atoms with Crippen LogP contribution in [0.2, 0.25) is 0 Å². The second-order valence-corrected chi connectivity index (χ2v) is 5.07. The van der Waals surface area contributed by atoms with Crippen LogP contribution in [0.4, 0.5) is 5.69 Å². The molecule has 0 saturated carbocycles. The third-order valence-corrected chi connectivity index (χ3v) is 3.51. The van der Waals surface area contributed by atoms with Crippen LogP contribution in [0.5, 0.6) is 0 Å². The first-order valence-corrected chi connectivity index (χ1v) is 6.40. The van der Waals surface area contributed by atoms with Crippen LogP contribution in [0, 0.1) is 0 Å². The molecule has 0 spiro atoms. The molecule has 3 nitrogen and oxygen atoms in total. The number of hydrogen-bond donors (Lipinski definition) is 2. The molecule has 0 aliphatic carbocycles. The summed E-state index contributed by atoms with van der Waals surface area (Å²) < 4.78 is 0. The first-order chi connectivity index (χ1) is 8.16. The molecule has 1 aromatic rings. The Hall–Kier alpha value is -1.06. The summed E-state index contributed by atoms with van der Waals surface area (Å²) in [5, 5.41) is 7.09. The van der Waals surface area contributed by atoms with Crippen LogP contribution in [-0.2, 0) is 6.42 Å². The van der Waals surface area contributed by atoms with E-state index in [2.05, 4.69) is 60.8 Å². The lowest BCUT2D eigenvalue weighted by Gasteiger charge is -2.31. The molecule has 2 atom stereocenters. The quantitative estimate of drug-likeness (QED) is 0.822. The third kappa shape index (κ3) is 3.20. The molecule has 1 aromatic carbocycles. The molecule has 2 N–H and O–H groups in total. The van der Waals surface area contributed by atoms with Gasteiger partial charge in [-0.3, -0.25) is 0 Å². The van der Waals surface area contributed by atoms with Gasteiger partial charge in [0.25, 0.3) is 0 Å². The minimum Gasteiger partial charge on any atom is -0.378 e. The van der Waals surface area contributed by atoms with Crippen molar-refractivity contribution in [1.29, 1.82) is 0 Å². The van der Waals surface area contributed by atoms with Gasteiger partial charge in [0.1, 0.15) is 0 Å². The lowest BCUT2D eigenvalue weighted by atomic mass is 9.98. The molecule has 3 heteroatoms. The van der Waals surface area contributed by atoms with Crippen molar-refractivity contribution in [2.45, 2.75) is 25.4 Å². The summed E-state index contributed by atoms with van der Waals surface area (Å²) in [5.74, 6) is 0. The van der Waals surface area contributed by atoms with Gasteiger partial charge in [-0.15, -0.1) is 0 Å². The molecule has 94 valence electrons. The van der Waals surface area contributed by atoms with Crippen molar-refractivity contribution in [3.63, 3.8) is 0 Å². The minimum absolute atomic E-state index is 0.550. The van der Waals surface area contributed by atoms with Gasteiger partial charge in [0.05, 0.1) is 0 Å². The number of nitrogens with zero attached hydrogens (tertiary/aromatic N) is 1. The number of nitrogens with one attached hydrogen (secondary N) is 2. The Labute approximate surface area is 104 Å². The molecular weight excluding hydrogens is 210 g/mol. The molecule has 0 bridgehead atoms. The highest BCUT2D eigenvalue weighted by atomic mass is 15.1. The van der Waals surface area contributed by atoms with Gasteiger partial charge in [-0.2, -0.15) is 0 Å². The first-order valence-electron chi connectivity index (χ1n) is 6.40. The smallest absolute Gasteiger partial charge is 0.0361 e. The van der Waals surface area contributed by atoms with E-state index in [9.17, 15) is 0 Å². The zero-order valence-corrected chi connectivity index (χ0v) is 11.0. The molecule has 17 heavy (non-hydrogen) atoms. The van der Waals surface area contributed by atoms with E-state index >= 15 is 0 Å². The fourth-order valence-electron chi connectivity index (χ4n) is 2.31. The molecule has 2 rings (SSSR count). The van der Waals surface area contributed by atoms with E-state index in [0.717, 1.165) is 19.5 Å². The molecule has 0 aromatic heterocycles. The highest BCUT2D eigenvalue weighted by Gasteiger charge is 2.19. The monoisotopic (exact) mass is 233 g/mol. The Kier molecular flexibility index (Phi) is 4.02. The van der Waals surface area contributed by atoms with E-state index in [-0.39, 0.29) is 0 Å². The summed E-state index contributed by atoms with van der Waals surface area (Å²) in [7, 11) is 4.15. The van der Waals surface area contributed by atoms with E-state index in [1.54, 1.807) is 0 Å². The third-order valence-electron chi connectivity index (χ3n) is 3.51. The van der Waals surface area contributed by atoms with Crippen molar-refractivity contribution in [2.75, 3.05) is 32.1 Å². The minimum atomic E-state index is 0.550. The fraction of sp³-hybridized carbons (Fsp3) is 0.571. The Morgan fingerprint density at radius 2 is 1.76 bits per heavy atom. The predicted molar refractivity (Wildman–Crippen MR) is 73.7 cm³/mol. The van der Waals surface area contributed by atoms with Gasteiger partial charge >= 0.3 is 0 Å². The normalized spacial score (nSPS) is 24.6. The molecule has 1 aliphatic heterocycles. The predicted octanol–water partition coefficient (Wildman–Crippen LogP) is 1.24. The summed E-state index contributed by atoms with van der Waals surface area (Å²) in [6, 6.07) is 9.95. The maximum Gasteiger partial charge on any atom is 0.0361 e. The Morgan fingerprint density at radius 3 is 2.35 bits per heavy atom. The number of rotatable bonds is 3. The van der Waals surface area contributed by atoms with Crippen LogP contribution in [0.1, 0.15) is 12.5 Å². The molecule has 0 radical (unpaired) electrons. The van der Waals surface area contributed by atoms with Gasteiger partial charge in [0, 0.05) is 45.0 Å². The molecule has 1 heterocycles. The lowest BCUT2D eigenvalue weighted by molar-refractivity contribution is 0.337. The van der Waals surface area contributed by atoms with Crippen molar-refractivity contribution >= 4 is 5.69 Å². The highest BCUT2D eigenvalue weighted by Crippen LogP contribution is 2.14. The van der Waals surface area contributed by atoms with Crippen LogP contribution < -0.4 is 15.5 Å². The summed E-state index contributed by atoms with van der Waals surface area (Å²) in [4.78, 5) is 2.13. The Balaban J connectivity index is 1.98. The van der Waals surface area contributed by atoms with E-state index in [4.69, 9.17) is 0 Å². The van der Waals surface area contributed by atoms with E-state index < -0.39 is 0 Å². The number of anilines is 1. The Morgan fingerprint density at radius 1 is 1.12 bits per heavy atom. The number of benzene rings is 1. The molecule has 0 amide bonds. The number of piperazine rings is 1. The summed E-state index contributed by atoms with van der Waals surface area (Å²) in [6.07, 6.45) is 1.10. The van der Waals surface area contributed by atoms with Crippen LogP contribution in [0.3, 0.4) is 0 Å². The van der Waals surface area contributed by atoms with Crippen molar-refractivity contribution in [3.05, 3.63) is 29.8 Å². The fourth-order valence-corrected chi connectivity index (χ4v) is 2.31. The van der Waals surface area contributed by atoms with Crippen molar-refractivity contribution in [2.24, 2.45) is 0 Å². The number of hydrogen-bond acceptors (Lipinski definition) is 3. The van der Waals surface area contributed by atoms with Gasteiger partial charge in [-0.05, 0) is 31.0 Å². The lowest BCUT2D eigenvalue weighted by Crippen LogP contribution is -2.55. The summed E-state index contributed by atoms with van der Waals surface area (Å²) in [5.41, 5.74) is 2.67. The van der Waals surface area contributed by atoms with Gasteiger partial charge < -0.3 is 15.5 Å². The second-order valence-electron chi connectivity index (χ2n) is 5.07. The SMILES string of the molecule is CC1NCCNC1Cc1ccc(N(C)C)cc1. The van der Waals surface area contributed by atoms with Gasteiger partial charge in [-0.1, -0.05) is 12.1 Å². The summed E-state index contributed by atoms with van der Waals surface area (Å²) in [6.45, 7) is 4.41. The topological polar surface area (TPSA) is 27.3 Å². The molecule has 1 fully saturated rings. The molecule has 1 saturated heterocycles. The first kappa shape index (κ1) is 12.4. The van der Waals surface area contributed by atoms with Crippen LogP contribution in [0.25, 0.3) is 0 Å². The van der Waals surface area contributed by atoms with E-state index in [1.807, 2.05) is 0 Å². The van der Waals surface area contributed by atoms with Crippen LogP contribution in [0.15, 0.2) is 24.3 Å². The van der Waals surface area contributed by atoms with Crippen LogP contribution in [-0.4, -0.2) is 39.3 Å². The largest absolute Gasteiger partial charge is 0.378 e. The zero-order chi connectivity index (χ0) is 12.3. The molecule has 1 aliphatic rings. The van der Waals surface area contributed by atoms with Crippen molar-refractivity contribution in [3.8, 4) is 0 Å². The average Bonchev–Trinajstić information content (AvgIpc) is 2.33. The van der Waals surface area contributed by atoms with Gasteiger partial charge in [0.15, 0.2) is 0 Å². The van der Waals surface area contributed by atoms with E-state index in [1.165, 1.54) is 11.3 Å². The van der Waals surface area contributed by atoms with Gasteiger partial charge in [-0.25, -0.2) is 0 Å². The highest BCUT2D eigenvalue weighted by molar-refractivity contribution is 5.46. The zero-order valence-electron chi connectivity index (χ0n) is 11.0. The van der Waals surface area contributed by atoms with Crippen molar-refractivity contribution in [1.82, 2.24) is 10.6 Å². The molecular formula is C14H23N3. The maximum absolute atomic E-state index is 3.58.